The van der Waals surface area contributed by atoms with Gasteiger partial charge in [0.15, 0.2) is 0 Å². The highest BCUT2D eigenvalue weighted by molar-refractivity contribution is 7.99. The van der Waals surface area contributed by atoms with Gasteiger partial charge in [-0.3, -0.25) is 0 Å². The van der Waals surface area contributed by atoms with Crippen LogP contribution in [0.4, 0.5) is 0 Å². The van der Waals surface area contributed by atoms with E-state index in [1.807, 2.05) is 11.8 Å². The molecule has 0 radical (unpaired) electrons. The molecular formula is C8H17NS. The lowest BCUT2D eigenvalue weighted by Crippen LogP contribution is -2.20. The van der Waals surface area contributed by atoms with Crippen LogP contribution in [0.25, 0.3) is 0 Å². The molecule has 0 spiro atoms. The molecule has 0 bridgehead atoms. The number of thioether (sulfide) groups is 1. The molecule has 1 aliphatic rings. The Balaban J connectivity index is 1.85. The number of hydrogen-bond acceptors (Lipinski definition) is 2. The first-order valence-electron chi connectivity index (χ1n) is 4.12. The molecule has 1 atom stereocenters. The van der Waals surface area contributed by atoms with Crippen molar-refractivity contribution in [3.05, 3.63) is 0 Å². The highest BCUT2D eigenvalue weighted by Gasteiger charge is 2.16. The van der Waals surface area contributed by atoms with Crippen LogP contribution in [0.5, 0.6) is 0 Å². The second-order valence-electron chi connectivity index (χ2n) is 3.31. The van der Waals surface area contributed by atoms with Gasteiger partial charge in [0, 0.05) is 11.8 Å². The third-order valence-corrected chi connectivity index (χ3v) is 3.43. The van der Waals surface area contributed by atoms with E-state index < -0.39 is 0 Å². The first kappa shape index (κ1) is 8.41. The lowest BCUT2D eigenvalue weighted by molar-refractivity contribution is 0.353. The molecule has 0 aromatic heterocycles. The van der Waals surface area contributed by atoms with Crippen molar-refractivity contribution in [2.24, 2.45) is 11.7 Å². The highest BCUT2D eigenvalue weighted by Crippen LogP contribution is 2.29. The van der Waals surface area contributed by atoms with E-state index in [1.165, 1.54) is 25.0 Å². The van der Waals surface area contributed by atoms with Crippen molar-refractivity contribution >= 4 is 11.8 Å². The van der Waals surface area contributed by atoms with Crippen molar-refractivity contribution in [1.29, 1.82) is 0 Å². The van der Waals surface area contributed by atoms with Crippen molar-refractivity contribution in [2.75, 3.05) is 11.5 Å². The number of hydrogen-bond donors (Lipinski definition) is 1. The topological polar surface area (TPSA) is 26.0 Å². The summed E-state index contributed by atoms with van der Waals surface area (Å²) < 4.78 is 0. The minimum Gasteiger partial charge on any atom is -0.327 e. The normalized spacial score (nSPS) is 22.2. The quantitative estimate of drug-likeness (QED) is 0.677. The molecule has 60 valence electrons. The molecule has 1 rings (SSSR count). The zero-order chi connectivity index (χ0) is 7.40. The van der Waals surface area contributed by atoms with Gasteiger partial charge in [-0.2, -0.15) is 11.8 Å². The van der Waals surface area contributed by atoms with E-state index in [-0.39, 0.29) is 0 Å². The van der Waals surface area contributed by atoms with Crippen LogP contribution >= 0.6 is 11.8 Å². The zero-order valence-corrected chi connectivity index (χ0v) is 7.49. The molecule has 2 heteroatoms. The molecule has 1 aliphatic carbocycles. The summed E-state index contributed by atoms with van der Waals surface area (Å²) >= 11 is 2.02. The van der Waals surface area contributed by atoms with E-state index in [4.69, 9.17) is 5.73 Å². The Morgan fingerprint density at radius 3 is 2.70 bits per heavy atom. The van der Waals surface area contributed by atoms with Crippen LogP contribution in [0, 0.1) is 5.92 Å². The Bertz CT molecular complexity index is 89.3. The molecule has 0 saturated heterocycles. The van der Waals surface area contributed by atoms with Gasteiger partial charge >= 0.3 is 0 Å². The minimum absolute atomic E-state index is 0.380. The fraction of sp³-hybridized carbons (Fsp3) is 1.00. The van der Waals surface area contributed by atoms with E-state index in [1.54, 1.807) is 0 Å². The second kappa shape index (κ2) is 4.24. The maximum absolute atomic E-state index is 5.62. The SMILES string of the molecule is CC(N)CSCC1CCC1. The molecule has 1 unspecified atom stereocenters. The summed E-state index contributed by atoms with van der Waals surface area (Å²) in [4.78, 5) is 0. The van der Waals surface area contributed by atoms with E-state index in [9.17, 15) is 0 Å². The number of rotatable bonds is 4. The van der Waals surface area contributed by atoms with E-state index in [0.717, 1.165) is 11.7 Å². The standard InChI is InChI=1S/C8H17NS/c1-7(9)5-10-6-8-3-2-4-8/h7-8H,2-6,9H2,1H3. The van der Waals surface area contributed by atoms with Crippen molar-refractivity contribution in [3.63, 3.8) is 0 Å². The van der Waals surface area contributed by atoms with Crippen molar-refractivity contribution in [2.45, 2.75) is 32.2 Å². The van der Waals surface area contributed by atoms with Crippen LogP contribution in [-0.4, -0.2) is 17.5 Å². The Kier molecular flexibility index (Phi) is 3.57. The van der Waals surface area contributed by atoms with Crippen LogP contribution in [0.3, 0.4) is 0 Å². The average molecular weight is 159 g/mol. The van der Waals surface area contributed by atoms with Gasteiger partial charge in [-0.15, -0.1) is 0 Å². The summed E-state index contributed by atoms with van der Waals surface area (Å²) in [6, 6.07) is 0.380. The highest BCUT2D eigenvalue weighted by atomic mass is 32.2. The van der Waals surface area contributed by atoms with E-state index in [0.29, 0.717) is 6.04 Å². The predicted octanol–water partition coefficient (Wildman–Crippen LogP) is 1.87. The third kappa shape index (κ3) is 2.93. The summed E-state index contributed by atoms with van der Waals surface area (Å²) in [6.07, 6.45) is 4.39. The predicted molar refractivity (Wildman–Crippen MR) is 48.3 cm³/mol. The van der Waals surface area contributed by atoms with Gasteiger partial charge in [0.05, 0.1) is 0 Å². The van der Waals surface area contributed by atoms with Crippen molar-refractivity contribution in [1.82, 2.24) is 0 Å². The molecule has 1 saturated carbocycles. The van der Waals surface area contributed by atoms with Crippen LogP contribution in [0.15, 0.2) is 0 Å². The van der Waals surface area contributed by atoms with Gasteiger partial charge in [-0.25, -0.2) is 0 Å². The van der Waals surface area contributed by atoms with Gasteiger partial charge in [0.1, 0.15) is 0 Å². The third-order valence-electron chi connectivity index (χ3n) is 1.96. The largest absolute Gasteiger partial charge is 0.327 e. The molecule has 1 fully saturated rings. The number of nitrogens with two attached hydrogens (primary N) is 1. The van der Waals surface area contributed by atoms with E-state index >= 15 is 0 Å². The maximum Gasteiger partial charge on any atom is 0.0101 e. The Hall–Kier alpha value is 0.310. The fourth-order valence-corrected chi connectivity index (χ4v) is 2.25. The molecule has 0 aromatic rings. The van der Waals surface area contributed by atoms with Gasteiger partial charge in [0.25, 0.3) is 0 Å². The maximum atomic E-state index is 5.62. The Labute approximate surface area is 67.8 Å². The lowest BCUT2D eigenvalue weighted by Gasteiger charge is -2.24. The molecule has 0 amide bonds. The van der Waals surface area contributed by atoms with Crippen molar-refractivity contribution < 1.29 is 0 Å². The first-order valence-corrected chi connectivity index (χ1v) is 5.28. The van der Waals surface area contributed by atoms with Gasteiger partial charge < -0.3 is 5.73 Å². The minimum atomic E-state index is 0.380. The van der Waals surface area contributed by atoms with Crippen LogP contribution in [-0.2, 0) is 0 Å². The fourth-order valence-electron chi connectivity index (χ4n) is 1.08. The summed E-state index contributed by atoms with van der Waals surface area (Å²) in [6.45, 7) is 2.08. The molecule has 1 nitrogen and oxygen atoms in total. The van der Waals surface area contributed by atoms with Gasteiger partial charge in [-0.1, -0.05) is 6.42 Å². The zero-order valence-electron chi connectivity index (χ0n) is 6.68. The summed E-state index contributed by atoms with van der Waals surface area (Å²) in [5.74, 6) is 3.52. The van der Waals surface area contributed by atoms with Gasteiger partial charge in [-0.05, 0) is 31.4 Å². The van der Waals surface area contributed by atoms with Crippen molar-refractivity contribution in [3.8, 4) is 0 Å². The molecular weight excluding hydrogens is 142 g/mol. The van der Waals surface area contributed by atoms with Crippen LogP contribution < -0.4 is 5.73 Å². The van der Waals surface area contributed by atoms with E-state index in [2.05, 4.69) is 6.92 Å². The summed E-state index contributed by atoms with van der Waals surface area (Å²) in [7, 11) is 0. The van der Waals surface area contributed by atoms with Crippen LogP contribution in [0.1, 0.15) is 26.2 Å². The molecule has 0 heterocycles. The molecule has 2 N–H and O–H groups in total. The monoisotopic (exact) mass is 159 g/mol. The first-order chi connectivity index (χ1) is 4.79. The molecule has 0 aromatic carbocycles. The summed E-state index contributed by atoms with van der Waals surface area (Å²) in [5.41, 5.74) is 5.62. The average Bonchev–Trinajstić information content (AvgIpc) is 1.75. The molecule has 10 heavy (non-hydrogen) atoms. The van der Waals surface area contributed by atoms with Crippen LogP contribution in [0.2, 0.25) is 0 Å². The Morgan fingerprint density at radius 1 is 1.60 bits per heavy atom. The lowest BCUT2D eigenvalue weighted by atomic mass is 9.87. The second-order valence-corrected chi connectivity index (χ2v) is 4.39. The van der Waals surface area contributed by atoms with Gasteiger partial charge in [0.2, 0.25) is 0 Å². The molecule has 0 aliphatic heterocycles. The smallest absolute Gasteiger partial charge is 0.0101 e. The Morgan fingerprint density at radius 2 is 2.30 bits per heavy atom. The summed E-state index contributed by atoms with van der Waals surface area (Å²) in [5, 5.41) is 0.